The van der Waals surface area contributed by atoms with Crippen molar-refractivity contribution in [3.05, 3.63) is 36.1 Å². The van der Waals surface area contributed by atoms with Crippen LogP contribution in [0.2, 0.25) is 0 Å². The van der Waals surface area contributed by atoms with E-state index < -0.39 is 6.03 Å². The van der Waals surface area contributed by atoms with Crippen LogP contribution in [-0.4, -0.2) is 15.8 Å². The first-order chi connectivity index (χ1) is 8.08. The van der Waals surface area contributed by atoms with Gasteiger partial charge in [-0.3, -0.25) is 10.00 Å². The molecule has 0 radical (unpaired) electrons. The molecule has 0 saturated heterocycles. The number of primary amides is 1. The summed E-state index contributed by atoms with van der Waals surface area (Å²) in [5.74, 6) is 0.0481. The van der Waals surface area contributed by atoms with Crippen molar-refractivity contribution in [3.63, 3.8) is 0 Å². The predicted octanol–water partition coefficient (Wildman–Crippen LogP) is 1.72. The lowest BCUT2D eigenvalue weighted by Gasteiger charge is -1.99. The summed E-state index contributed by atoms with van der Waals surface area (Å²) >= 11 is 0. The van der Waals surface area contributed by atoms with Crippen LogP contribution in [0.4, 0.5) is 15.0 Å². The van der Waals surface area contributed by atoms with Crippen LogP contribution in [0.15, 0.2) is 30.3 Å². The fourth-order valence-corrected chi connectivity index (χ4v) is 1.51. The molecule has 17 heavy (non-hydrogen) atoms. The van der Waals surface area contributed by atoms with Crippen LogP contribution in [0.3, 0.4) is 0 Å². The minimum atomic E-state index is -0.687. The minimum Gasteiger partial charge on any atom is -0.351 e. The van der Waals surface area contributed by atoms with E-state index in [0.29, 0.717) is 17.1 Å². The summed E-state index contributed by atoms with van der Waals surface area (Å²) in [5, 5.41) is 6.50. The standard InChI is InChI=1S/C11H11FN4O/c1-16-10(14-11(13)17)6-9(15-16)7-4-2-3-5-8(7)12/h2-6H,1H3,(H3,13,14,17). The van der Waals surface area contributed by atoms with E-state index in [1.807, 2.05) is 0 Å². The van der Waals surface area contributed by atoms with Gasteiger partial charge in [-0.1, -0.05) is 12.1 Å². The first-order valence-corrected chi connectivity index (χ1v) is 4.93. The topological polar surface area (TPSA) is 72.9 Å². The molecule has 2 amide bonds. The lowest BCUT2D eigenvalue weighted by Crippen LogP contribution is -2.20. The van der Waals surface area contributed by atoms with E-state index in [-0.39, 0.29) is 5.82 Å². The summed E-state index contributed by atoms with van der Waals surface area (Å²) in [4.78, 5) is 10.7. The number of nitrogens with two attached hydrogens (primary N) is 1. The molecular weight excluding hydrogens is 223 g/mol. The Balaban J connectivity index is 2.41. The molecule has 0 fully saturated rings. The molecule has 6 heteroatoms. The highest BCUT2D eigenvalue weighted by atomic mass is 19.1. The molecule has 5 nitrogen and oxygen atoms in total. The van der Waals surface area contributed by atoms with Gasteiger partial charge in [0.25, 0.3) is 0 Å². The first kappa shape index (κ1) is 11.1. The second kappa shape index (κ2) is 4.25. The largest absolute Gasteiger partial charge is 0.351 e. The molecule has 1 heterocycles. The number of carbonyl (C=O) groups excluding carboxylic acids is 1. The summed E-state index contributed by atoms with van der Waals surface area (Å²) in [6, 6.07) is 7.16. The molecule has 2 aromatic rings. The summed E-state index contributed by atoms with van der Waals surface area (Å²) < 4.78 is 14.9. The highest BCUT2D eigenvalue weighted by Crippen LogP contribution is 2.23. The minimum absolute atomic E-state index is 0.365. The zero-order valence-electron chi connectivity index (χ0n) is 9.14. The summed E-state index contributed by atoms with van der Waals surface area (Å²) in [6.07, 6.45) is 0. The van der Waals surface area contributed by atoms with Crippen LogP contribution in [0.25, 0.3) is 11.3 Å². The van der Waals surface area contributed by atoms with Crippen LogP contribution < -0.4 is 11.1 Å². The third kappa shape index (κ3) is 2.25. The molecule has 0 atom stereocenters. The molecule has 0 bridgehead atoms. The van der Waals surface area contributed by atoms with Crippen molar-refractivity contribution in [2.45, 2.75) is 0 Å². The van der Waals surface area contributed by atoms with Crippen LogP contribution in [0.5, 0.6) is 0 Å². The number of nitrogens with one attached hydrogen (secondary N) is 1. The Labute approximate surface area is 97.0 Å². The number of urea groups is 1. The number of hydrogen-bond donors (Lipinski definition) is 2. The molecule has 0 aliphatic rings. The molecule has 0 spiro atoms. The average Bonchev–Trinajstić information content (AvgIpc) is 2.60. The van der Waals surface area contributed by atoms with Crippen molar-refractivity contribution in [2.24, 2.45) is 12.8 Å². The number of anilines is 1. The summed E-state index contributed by atoms with van der Waals surface area (Å²) in [6.45, 7) is 0. The van der Waals surface area contributed by atoms with E-state index in [1.165, 1.54) is 10.7 Å². The maximum Gasteiger partial charge on any atom is 0.317 e. The molecule has 1 aromatic heterocycles. The predicted molar refractivity (Wildman–Crippen MR) is 61.8 cm³/mol. The van der Waals surface area contributed by atoms with Crippen LogP contribution >= 0.6 is 0 Å². The second-order valence-electron chi connectivity index (χ2n) is 3.51. The Bertz CT molecular complexity index is 564. The highest BCUT2D eigenvalue weighted by Gasteiger charge is 2.11. The molecule has 1 aromatic carbocycles. The number of carbonyl (C=O) groups is 1. The highest BCUT2D eigenvalue weighted by molar-refractivity contribution is 5.87. The number of benzene rings is 1. The quantitative estimate of drug-likeness (QED) is 0.830. The maximum absolute atomic E-state index is 13.5. The molecule has 2 rings (SSSR count). The molecular formula is C11H11FN4O. The van der Waals surface area contributed by atoms with Gasteiger partial charge in [0.05, 0.1) is 5.69 Å². The number of rotatable bonds is 2. The van der Waals surface area contributed by atoms with Crippen molar-refractivity contribution in [2.75, 3.05) is 5.32 Å². The van der Waals surface area contributed by atoms with Gasteiger partial charge in [0.2, 0.25) is 0 Å². The van der Waals surface area contributed by atoms with E-state index in [2.05, 4.69) is 10.4 Å². The fraction of sp³-hybridized carbons (Fsp3) is 0.0909. The number of halogens is 1. The third-order valence-corrected chi connectivity index (χ3v) is 2.28. The number of hydrogen-bond acceptors (Lipinski definition) is 2. The lowest BCUT2D eigenvalue weighted by atomic mass is 10.1. The van der Waals surface area contributed by atoms with Crippen molar-refractivity contribution < 1.29 is 9.18 Å². The van der Waals surface area contributed by atoms with E-state index in [0.717, 1.165) is 0 Å². The first-order valence-electron chi connectivity index (χ1n) is 4.93. The van der Waals surface area contributed by atoms with E-state index in [4.69, 9.17) is 5.73 Å². The SMILES string of the molecule is Cn1nc(-c2ccccc2F)cc1NC(N)=O. The maximum atomic E-state index is 13.5. The van der Waals surface area contributed by atoms with Crippen LogP contribution in [0, 0.1) is 5.82 Å². The third-order valence-electron chi connectivity index (χ3n) is 2.28. The number of nitrogens with zero attached hydrogens (tertiary/aromatic N) is 2. The van der Waals surface area contributed by atoms with Gasteiger partial charge in [0, 0.05) is 18.7 Å². The Hall–Kier alpha value is -2.37. The number of aromatic nitrogens is 2. The Morgan fingerprint density at radius 1 is 1.47 bits per heavy atom. The molecule has 0 unspecified atom stereocenters. The Kier molecular flexibility index (Phi) is 2.78. The number of aryl methyl sites for hydroxylation is 1. The Morgan fingerprint density at radius 2 is 2.18 bits per heavy atom. The van der Waals surface area contributed by atoms with Crippen molar-refractivity contribution in [1.82, 2.24) is 9.78 Å². The van der Waals surface area contributed by atoms with Crippen molar-refractivity contribution >= 4 is 11.8 Å². The zero-order chi connectivity index (χ0) is 12.4. The Morgan fingerprint density at radius 3 is 2.82 bits per heavy atom. The molecule has 88 valence electrons. The summed E-state index contributed by atoms with van der Waals surface area (Å²) in [5.41, 5.74) is 5.82. The van der Waals surface area contributed by atoms with E-state index >= 15 is 0 Å². The van der Waals surface area contributed by atoms with Gasteiger partial charge < -0.3 is 5.73 Å². The summed E-state index contributed by atoms with van der Waals surface area (Å²) in [7, 11) is 1.63. The van der Waals surface area contributed by atoms with E-state index in [1.54, 1.807) is 31.3 Å². The van der Waals surface area contributed by atoms with Gasteiger partial charge >= 0.3 is 6.03 Å². The van der Waals surface area contributed by atoms with Crippen LogP contribution in [0.1, 0.15) is 0 Å². The molecule has 3 N–H and O–H groups in total. The zero-order valence-corrected chi connectivity index (χ0v) is 9.14. The van der Waals surface area contributed by atoms with Gasteiger partial charge in [-0.25, -0.2) is 9.18 Å². The van der Waals surface area contributed by atoms with Gasteiger partial charge in [-0.05, 0) is 12.1 Å². The smallest absolute Gasteiger partial charge is 0.317 e. The van der Waals surface area contributed by atoms with Gasteiger partial charge in [-0.15, -0.1) is 0 Å². The van der Waals surface area contributed by atoms with Crippen molar-refractivity contribution in [3.8, 4) is 11.3 Å². The van der Waals surface area contributed by atoms with E-state index in [9.17, 15) is 9.18 Å². The lowest BCUT2D eigenvalue weighted by molar-refractivity contribution is 0.259. The second-order valence-corrected chi connectivity index (χ2v) is 3.51. The molecule has 0 aliphatic heterocycles. The van der Waals surface area contributed by atoms with Gasteiger partial charge in [0.15, 0.2) is 0 Å². The van der Waals surface area contributed by atoms with Crippen LogP contribution in [-0.2, 0) is 7.05 Å². The van der Waals surface area contributed by atoms with Gasteiger partial charge in [-0.2, -0.15) is 5.10 Å². The van der Waals surface area contributed by atoms with Gasteiger partial charge in [0.1, 0.15) is 11.6 Å². The molecule has 0 aliphatic carbocycles. The van der Waals surface area contributed by atoms with Crippen molar-refractivity contribution in [1.29, 1.82) is 0 Å². The average molecular weight is 234 g/mol. The monoisotopic (exact) mass is 234 g/mol. The molecule has 0 saturated carbocycles. The number of amides is 2. The fourth-order valence-electron chi connectivity index (χ4n) is 1.51. The normalized spacial score (nSPS) is 10.2.